The lowest BCUT2D eigenvalue weighted by Crippen LogP contribution is -2.37. The molecule has 1 aromatic carbocycles. The minimum Gasteiger partial charge on any atom is -0.302 e. The Morgan fingerprint density at radius 3 is 2.55 bits per heavy atom. The van der Waals surface area contributed by atoms with Gasteiger partial charge in [0.1, 0.15) is 5.82 Å². The maximum Gasteiger partial charge on any atom is 0.299 e. The Balaban J connectivity index is 1.85. The van der Waals surface area contributed by atoms with Crippen LogP contribution in [0.1, 0.15) is 28.8 Å². The van der Waals surface area contributed by atoms with Gasteiger partial charge in [0.15, 0.2) is 0 Å². The number of hydrogen-bond acceptors (Lipinski definition) is 3. The molecule has 2 aliphatic heterocycles. The van der Waals surface area contributed by atoms with E-state index in [0.717, 1.165) is 25.9 Å². The smallest absolute Gasteiger partial charge is 0.299 e. The van der Waals surface area contributed by atoms with Crippen LogP contribution >= 0.6 is 0 Å². The summed E-state index contributed by atoms with van der Waals surface area (Å²) >= 11 is 0. The number of aryl methyl sites for hydroxylation is 1. The first-order chi connectivity index (χ1) is 9.58. The number of carbonyl (C=O) groups is 2. The van der Waals surface area contributed by atoms with Crippen LogP contribution in [0.15, 0.2) is 12.1 Å². The SMILES string of the molecule is Cc1cc(F)c2c(c1)C(=O)C(=O)N2CCN1CCCC1. The van der Waals surface area contributed by atoms with Crippen LogP contribution in [-0.4, -0.2) is 42.8 Å². The standard InChI is InChI=1S/C15H17FN2O2/c1-10-8-11-13(12(16)9-10)18(15(20)14(11)19)7-6-17-4-2-3-5-17/h8-9H,2-7H2,1H3. The predicted octanol–water partition coefficient (Wildman–Crippen LogP) is 1.76. The molecule has 4 nitrogen and oxygen atoms in total. The van der Waals surface area contributed by atoms with E-state index in [4.69, 9.17) is 0 Å². The van der Waals surface area contributed by atoms with Crippen LogP contribution in [0.2, 0.25) is 0 Å². The van der Waals surface area contributed by atoms with Crippen LogP contribution < -0.4 is 4.90 Å². The summed E-state index contributed by atoms with van der Waals surface area (Å²) in [6, 6.07) is 2.96. The van der Waals surface area contributed by atoms with Gasteiger partial charge in [0, 0.05) is 13.1 Å². The van der Waals surface area contributed by atoms with E-state index < -0.39 is 17.5 Å². The molecule has 0 N–H and O–H groups in total. The number of amides is 1. The Kier molecular flexibility index (Phi) is 3.30. The predicted molar refractivity (Wildman–Crippen MR) is 73.5 cm³/mol. The van der Waals surface area contributed by atoms with Gasteiger partial charge in [0.2, 0.25) is 0 Å². The second-order valence-corrected chi connectivity index (χ2v) is 5.48. The van der Waals surface area contributed by atoms with Crippen LogP contribution in [0.5, 0.6) is 0 Å². The van der Waals surface area contributed by atoms with Crippen LogP contribution in [0, 0.1) is 12.7 Å². The van der Waals surface area contributed by atoms with Crippen molar-refractivity contribution in [2.75, 3.05) is 31.1 Å². The fraction of sp³-hybridized carbons (Fsp3) is 0.467. The van der Waals surface area contributed by atoms with Gasteiger partial charge < -0.3 is 9.80 Å². The average molecular weight is 276 g/mol. The van der Waals surface area contributed by atoms with Gasteiger partial charge in [-0.1, -0.05) is 0 Å². The van der Waals surface area contributed by atoms with E-state index in [9.17, 15) is 14.0 Å². The first kappa shape index (κ1) is 13.2. The fourth-order valence-corrected chi connectivity index (χ4v) is 2.98. The Hall–Kier alpha value is -1.75. The van der Waals surface area contributed by atoms with Gasteiger partial charge in [-0.3, -0.25) is 9.59 Å². The summed E-state index contributed by atoms with van der Waals surface area (Å²) in [5, 5.41) is 0. The minimum absolute atomic E-state index is 0.157. The van der Waals surface area contributed by atoms with Crippen LogP contribution in [0.25, 0.3) is 0 Å². The molecule has 1 saturated heterocycles. The third-order valence-electron chi connectivity index (χ3n) is 4.00. The zero-order chi connectivity index (χ0) is 14.3. The van der Waals surface area contributed by atoms with Gasteiger partial charge in [-0.15, -0.1) is 0 Å². The van der Waals surface area contributed by atoms with Crippen molar-refractivity contribution in [3.05, 3.63) is 29.1 Å². The summed E-state index contributed by atoms with van der Waals surface area (Å²) in [4.78, 5) is 27.5. The Labute approximate surface area is 117 Å². The quantitative estimate of drug-likeness (QED) is 0.790. The molecule has 5 heteroatoms. The maximum atomic E-state index is 14.1. The number of ketones is 1. The first-order valence-electron chi connectivity index (χ1n) is 6.96. The van der Waals surface area contributed by atoms with Crippen LogP contribution in [-0.2, 0) is 4.79 Å². The van der Waals surface area contributed by atoms with E-state index in [1.165, 1.54) is 11.0 Å². The Morgan fingerprint density at radius 2 is 1.85 bits per heavy atom. The molecule has 0 unspecified atom stereocenters. The molecule has 1 fully saturated rings. The molecule has 1 aromatic rings. The van der Waals surface area contributed by atoms with Crippen molar-refractivity contribution in [2.24, 2.45) is 0 Å². The highest BCUT2D eigenvalue weighted by Crippen LogP contribution is 2.32. The number of halogens is 1. The molecular formula is C15H17FN2O2. The van der Waals surface area contributed by atoms with Crippen molar-refractivity contribution in [3.8, 4) is 0 Å². The number of fused-ring (bicyclic) bond motifs is 1. The monoisotopic (exact) mass is 276 g/mol. The molecule has 2 heterocycles. The molecule has 2 aliphatic rings. The van der Waals surface area contributed by atoms with Crippen molar-refractivity contribution in [2.45, 2.75) is 19.8 Å². The van der Waals surface area contributed by atoms with Crippen LogP contribution in [0.3, 0.4) is 0 Å². The normalized spacial score (nSPS) is 19.0. The third kappa shape index (κ3) is 2.12. The lowest BCUT2D eigenvalue weighted by atomic mass is 10.1. The second-order valence-electron chi connectivity index (χ2n) is 5.48. The summed E-state index contributed by atoms with van der Waals surface area (Å²) in [7, 11) is 0. The topological polar surface area (TPSA) is 40.6 Å². The third-order valence-corrected chi connectivity index (χ3v) is 4.00. The molecule has 0 saturated carbocycles. The van der Waals surface area contributed by atoms with E-state index >= 15 is 0 Å². The number of likely N-dealkylation sites (tertiary alicyclic amines) is 1. The molecule has 0 atom stereocenters. The van der Waals surface area contributed by atoms with E-state index in [-0.39, 0.29) is 11.3 Å². The fourth-order valence-electron chi connectivity index (χ4n) is 2.98. The molecule has 0 aliphatic carbocycles. The van der Waals surface area contributed by atoms with E-state index in [2.05, 4.69) is 4.90 Å². The number of benzene rings is 1. The first-order valence-corrected chi connectivity index (χ1v) is 6.96. The Morgan fingerprint density at radius 1 is 1.15 bits per heavy atom. The average Bonchev–Trinajstić information content (AvgIpc) is 2.98. The number of hydrogen-bond donors (Lipinski definition) is 0. The van der Waals surface area contributed by atoms with Crippen molar-refractivity contribution < 1.29 is 14.0 Å². The highest BCUT2D eigenvalue weighted by Gasteiger charge is 2.38. The van der Waals surface area contributed by atoms with Gasteiger partial charge in [-0.2, -0.15) is 0 Å². The summed E-state index contributed by atoms with van der Waals surface area (Å²) in [5.74, 6) is -1.69. The largest absolute Gasteiger partial charge is 0.302 e. The van der Waals surface area contributed by atoms with E-state index in [1.54, 1.807) is 13.0 Å². The molecule has 106 valence electrons. The van der Waals surface area contributed by atoms with Gasteiger partial charge in [0.25, 0.3) is 11.7 Å². The summed E-state index contributed by atoms with van der Waals surface area (Å²) in [6.45, 7) is 4.80. The lowest BCUT2D eigenvalue weighted by molar-refractivity contribution is -0.114. The zero-order valence-corrected chi connectivity index (χ0v) is 11.5. The van der Waals surface area contributed by atoms with Crippen molar-refractivity contribution in [1.29, 1.82) is 0 Å². The number of rotatable bonds is 3. The molecule has 0 bridgehead atoms. The second kappa shape index (κ2) is 4.98. The van der Waals surface area contributed by atoms with Gasteiger partial charge in [-0.05, 0) is 50.6 Å². The molecular weight excluding hydrogens is 259 g/mol. The molecule has 3 rings (SSSR count). The molecule has 0 spiro atoms. The maximum absolute atomic E-state index is 14.1. The van der Waals surface area contributed by atoms with E-state index in [0.29, 0.717) is 18.7 Å². The minimum atomic E-state index is -0.608. The summed E-state index contributed by atoms with van der Waals surface area (Å²) in [5.41, 5.74) is 1.02. The highest BCUT2D eigenvalue weighted by atomic mass is 19.1. The van der Waals surface area contributed by atoms with Crippen molar-refractivity contribution in [1.82, 2.24) is 4.90 Å². The summed E-state index contributed by atoms with van der Waals surface area (Å²) < 4.78 is 14.1. The number of carbonyl (C=O) groups excluding carboxylic acids is 2. The molecule has 0 aromatic heterocycles. The Bertz CT molecular complexity index is 579. The van der Waals surface area contributed by atoms with Crippen LogP contribution in [0.4, 0.5) is 10.1 Å². The molecule has 1 amide bonds. The summed E-state index contributed by atoms with van der Waals surface area (Å²) in [6.07, 6.45) is 2.33. The van der Waals surface area contributed by atoms with Gasteiger partial charge >= 0.3 is 0 Å². The molecule has 0 radical (unpaired) electrons. The number of nitrogens with zero attached hydrogens (tertiary/aromatic N) is 2. The van der Waals surface area contributed by atoms with E-state index in [1.807, 2.05) is 0 Å². The van der Waals surface area contributed by atoms with Crippen molar-refractivity contribution in [3.63, 3.8) is 0 Å². The number of anilines is 1. The van der Waals surface area contributed by atoms with Gasteiger partial charge in [0.05, 0.1) is 11.3 Å². The lowest BCUT2D eigenvalue weighted by Gasteiger charge is -2.21. The van der Waals surface area contributed by atoms with Crippen molar-refractivity contribution >= 4 is 17.4 Å². The number of Topliss-reactive ketones (excluding diaryl/α,β-unsaturated/α-hetero) is 1. The highest BCUT2D eigenvalue weighted by molar-refractivity contribution is 6.52. The molecule has 20 heavy (non-hydrogen) atoms. The van der Waals surface area contributed by atoms with Gasteiger partial charge in [-0.25, -0.2) is 4.39 Å². The zero-order valence-electron chi connectivity index (χ0n) is 11.5.